The SMILES string of the molecule is CC[C@H](C)C(=O)Nc1ccc(Oc2c(C)c(C(=O)O)nn2C)c(S(=O)(=O)NC(C)(C)C)c1. The van der Waals surface area contributed by atoms with Crippen LogP contribution >= 0.6 is 0 Å². The third-order valence-electron chi connectivity index (χ3n) is 4.63. The van der Waals surface area contributed by atoms with Gasteiger partial charge in [-0.2, -0.15) is 5.10 Å². The van der Waals surface area contributed by atoms with Crippen LogP contribution in [0.1, 0.15) is 57.1 Å². The predicted octanol–water partition coefficient (Wildman–Crippen LogP) is 3.28. The molecule has 0 aliphatic rings. The Hall–Kier alpha value is -2.92. The highest BCUT2D eigenvalue weighted by Gasteiger charge is 2.28. The van der Waals surface area contributed by atoms with Crippen LogP contribution < -0.4 is 14.8 Å². The number of carboxylic acid groups (broad SMARTS) is 1. The molecule has 1 aromatic carbocycles. The lowest BCUT2D eigenvalue weighted by Crippen LogP contribution is -2.40. The molecule has 0 aliphatic heterocycles. The lowest BCUT2D eigenvalue weighted by Gasteiger charge is -2.22. The molecule has 3 N–H and O–H groups in total. The maximum atomic E-state index is 13.1. The quantitative estimate of drug-likeness (QED) is 0.542. The zero-order valence-electron chi connectivity index (χ0n) is 19.3. The lowest BCUT2D eigenvalue weighted by molar-refractivity contribution is -0.119. The summed E-state index contributed by atoms with van der Waals surface area (Å²) in [7, 11) is -2.56. The Morgan fingerprint density at radius 3 is 2.41 bits per heavy atom. The second kappa shape index (κ2) is 9.29. The first-order valence-corrected chi connectivity index (χ1v) is 11.6. The van der Waals surface area contributed by atoms with Gasteiger partial charge in [0.15, 0.2) is 5.69 Å². The maximum absolute atomic E-state index is 13.1. The number of aromatic nitrogens is 2. The van der Waals surface area contributed by atoms with Crippen molar-refractivity contribution in [1.29, 1.82) is 0 Å². The van der Waals surface area contributed by atoms with E-state index in [1.54, 1.807) is 27.7 Å². The molecule has 32 heavy (non-hydrogen) atoms. The minimum atomic E-state index is -4.06. The van der Waals surface area contributed by atoms with Crippen LogP contribution in [0.25, 0.3) is 0 Å². The smallest absolute Gasteiger partial charge is 0.356 e. The normalized spacial score (nSPS) is 13.0. The fraction of sp³-hybridized carbons (Fsp3) is 0.476. The van der Waals surface area contributed by atoms with E-state index in [0.717, 1.165) is 0 Å². The highest BCUT2D eigenvalue weighted by molar-refractivity contribution is 7.89. The lowest BCUT2D eigenvalue weighted by atomic mass is 10.1. The number of aryl methyl sites for hydroxylation is 1. The Balaban J connectivity index is 2.58. The van der Waals surface area contributed by atoms with Gasteiger partial charge in [0.25, 0.3) is 0 Å². The van der Waals surface area contributed by atoms with Gasteiger partial charge in [0.05, 0.1) is 0 Å². The fourth-order valence-corrected chi connectivity index (χ4v) is 4.43. The van der Waals surface area contributed by atoms with Gasteiger partial charge in [-0.15, -0.1) is 0 Å². The molecule has 0 saturated heterocycles. The van der Waals surface area contributed by atoms with E-state index in [1.165, 1.54) is 36.9 Å². The minimum Gasteiger partial charge on any atom is -0.476 e. The van der Waals surface area contributed by atoms with E-state index in [-0.39, 0.29) is 39.6 Å². The minimum absolute atomic E-state index is 0.0358. The van der Waals surface area contributed by atoms with Gasteiger partial charge in [-0.3, -0.25) is 4.79 Å². The molecular weight excluding hydrogens is 436 g/mol. The number of carbonyl (C=O) groups excluding carboxylic acids is 1. The highest BCUT2D eigenvalue weighted by atomic mass is 32.2. The third kappa shape index (κ3) is 5.86. The van der Waals surface area contributed by atoms with Crippen LogP contribution in [0.5, 0.6) is 11.6 Å². The van der Waals surface area contributed by atoms with Crippen LogP contribution in [0.2, 0.25) is 0 Å². The number of carbonyl (C=O) groups is 2. The van der Waals surface area contributed by atoms with Crippen molar-refractivity contribution in [3.8, 4) is 11.6 Å². The number of hydrogen-bond acceptors (Lipinski definition) is 6. The Morgan fingerprint density at radius 2 is 1.91 bits per heavy atom. The molecular formula is C21H30N4O6S. The van der Waals surface area contributed by atoms with E-state index >= 15 is 0 Å². The van der Waals surface area contributed by atoms with Gasteiger partial charge in [-0.1, -0.05) is 13.8 Å². The summed E-state index contributed by atoms with van der Waals surface area (Å²) in [5.74, 6) is -1.65. The second-order valence-corrected chi connectivity index (χ2v) is 10.3. The van der Waals surface area contributed by atoms with Crippen LogP contribution in [0, 0.1) is 12.8 Å². The standard InChI is InChI=1S/C21H30N4O6S/c1-8-12(2)18(26)22-14-9-10-15(16(11-14)32(29,30)24-21(4,5)6)31-19-13(3)17(20(27)28)23-25(19)7/h9-12,24H,8H2,1-7H3,(H,22,26)(H,27,28)/t12-/m0/s1. The van der Waals surface area contributed by atoms with E-state index in [4.69, 9.17) is 4.74 Å². The van der Waals surface area contributed by atoms with Crippen molar-refractivity contribution in [1.82, 2.24) is 14.5 Å². The summed E-state index contributed by atoms with van der Waals surface area (Å²) in [5, 5.41) is 15.9. The molecule has 2 aromatic rings. The molecule has 10 nitrogen and oxygen atoms in total. The van der Waals surface area contributed by atoms with E-state index in [2.05, 4.69) is 15.1 Å². The van der Waals surface area contributed by atoms with Crippen LogP contribution in [0.15, 0.2) is 23.1 Å². The summed E-state index contributed by atoms with van der Waals surface area (Å²) >= 11 is 0. The molecule has 1 aromatic heterocycles. The van der Waals surface area contributed by atoms with E-state index < -0.39 is 21.5 Å². The van der Waals surface area contributed by atoms with Gasteiger partial charge in [-0.05, 0) is 52.3 Å². The third-order valence-corrected chi connectivity index (χ3v) is 6.41. The molecule has 0 spiro atoms. The Bertz CT molecular complexity index is 1130. The zero-order valence-corrected chi connectivity index (χ0v) is 20.1. The largest absolute Gasteiger partial charge is 0.476 e. The molecule has 1 heterocycles. The van der Waals surface area contributed by atoms with Crippen LogP contribution in [0.4, 0.5) is 5.69 Å². The van der Waals surface area contributed by atoms with Crippen LogP contribution in [-0.4, -0.2) is 40.7 Å². The molecule has 2 rings (SSSR count). The average Bonchev–Trinajstić information content (AvgIpc) is 2.94. The Kier molecular flexibility index (Phi) is 7.36. The highest BCUT2D eigenvalue weighted by Crippen LogP contribution is 2.34. The van der Waals surface area contributed by atoms with E-state index in [0.29, 0.717) is 12.1 Å². The Morgan fingerprint density at radius 1 is 1.28 bits per heavy atom. The Labute approximate surface area is 188 Å². The average molecular weight is 467 g/mol. The monoisotopic (exact) mass is 466 g/mol. The van der Waals surface area contributed by atoms with Crippen LogP contribution in [0.3, 0.4) is 0 Å². The number of hydrogen-bond donors (Lipinski definition) is 3. The van der Waals surface area contributed by atoms with Crippen molar-refractivity contribution in [3.63, 3.8) is 0 Å². The van der Waals surface area contributed by atoms with Crippen molar-refractivity contribution in [2.75, 3.05) is 5.32 Å². The first kappa shape index (κ1) is 25.3. The summed E-state index contributed by atoms with van der Waals surface area (Å²) in [6.07, 6.45) is 0.634. The number of sulfonamides is 1. The number of nitrogens with zero attached hydrogens (tertiary/aromatic N) is 2. The first-order valence-electron chi connectivity index (χ1n) is 10.1. The van der Waals surface area contributed by atoms with Gasteiger partial charge in [0, 0.05) is 29.8 Å². The fourth-order valence-electron chi connectivity index (χ4n) is 2.85. The van der Waals surface area contributed by atoms with Crippen molar-refractivity contribution >= 4 is 27.6 Å². The molecule has 0 bridgehead atoms. The van der Waals surface area contributed by atoms with E-state index in [9.17, 15) is 23.1 Å². The number of aromatic carboxylic acids is 1. The van der Waals surface area contributed by atoms with Gasteiger partial charge < -0.3 is 15.2 Å². The molecule has 0 radical (unpaired) electrons. The van der Waals surface area contributed by atoms with Crippen molar-refractivity contribution in [3.05, 3.63) is 29.5 Å². The van der Waals surface area contributed by atoms with Gasteiger partial charge >= 0.3 is 5.97 Å². The van der Waals surface area contributed by atoms with Crippen molar-refractivity contribution < 1.29 is 27.9 Å². The summed E-state index contributed by atoms with van der Waals surface area (Å²) in [6, 6.07) is 4.25. The summed E-state index contributed by atoms with van der Waals surface area (Å²) in [4.78, 5) is 23.5. The van der Waals surface area contributed by atoms with Crippen LogP contribution in [-0.2, 0) is 21.9 Å². The van der Waals surface area contributed by atoms with Gasteiger partial charge in [0.2, 0.25) is 21.8 Å². The number of benzene rings is 1. The predicted molar refractivity (Wildman–Crippen MR) is 120 cm³/mol. The molecule has 11 heteroatoms. The summed E-state index contributed by atoms with van der Waals surface area (Å²) in [5.41, 5.74) is -0.423. The van der Waals surface area contributed by atoms with Gasteiger partial charge in [-0.25, -0.2) is 22.6 Å². The second-order valence-electron chi connectivity index (χ2n) is 8.63. The topological polar surface area (TPSA) is 140 Å². The number of rotatable bonds is 8. The summed E-state index contributed by atoms with van der Waals surface area (Å²) in [6.45, 7) is 10.3. The molecule has 0 saturated carbocycles. The number of ether oxygens (including phenoxy) is 1. The first-order chi connectivity index (χ1) is 14.7. The van der Waals surface area contributed by atoms with Crippen molar-refractivity contribution in [2.24, 2.45) is 13.0 Å². The van der Waals surface area contributed by atoms with E-state index in [1.807, 2.05) is 6.92 Å². The maximum Gasteiger partial charge on any atom is 0.356 e. The van der Waals surface area contributed by atoms with Crippen molar-refractivity contribution in [2.45, 2.75) is 58.4 Å². The number of nitrogens with one attached hydrogen (secondary N) is 2. The number of amides is 1. The molecule has 0 aliphatic carbocycles. The summed E-state index contributed by atoms with van der Waals surface area (Å²) < 4.78 is 35.9. The van der Waals surface area contributed by atoms with Gasteiger partial charge in [0.1, 0.15) is 10.6 Å². The number of carboxylic acids is 1. The molecule has 176 valence electrons. The molecule has 1 amide bonds. The molecule has 0 unspecified atom stereocenters. The zero-order chi connectivity index (χ0) is 24.4. The molecule has 0 fully saturated rings. The number of anilines is 1. The molecule has 1 atom stereocenters.